The van der Waals surface area contributed by atoms with E-state index in [1.54, 1.807) is 7.05 Å². The van der Waals surface area contributed by atoms with Gasteiger partial charge in [-0.05, 0) is 38.0 Å². The van der Waals surface area contributed by atoms with Crippen molar-refractivity contribution in [2.75, 3.05) is 26.7 Å². The second-order valence-corrected chi connectivity index (χ2v) is 6.73. The van der Waals surface area contributed by atoms with Gasteiger partial charge in [-0.15, -0.1) is 0 Å². The molecule has 7 heteroatoms. The Morgan fingerprint density at radius 2 is 1.88 bits per heavy atom. The maximum Gasteiger partial charge on any atom is 0.314 e. The lowest BCUT2D eigenvalue weighted by Crippen LogP contribution is -2.34. The molecular formula is C19H27N5O2. The molecule has 0 saturated carbocycles. The maximum atomic E-state index is 12.8. The average molecular weight is 357 g/mol. The van der Waals surface area contributed by atoms with E-state index in [4.69, 9.17) is 0 Å². The minimum atomic E-state index is -0.197. The van der Waals surface area contributed by atoms with E-state index in [0.29, 0.717) is 18.7 Å². The van der Waals surface area contributed by atoms with Crippen LogP contribution in [-0.2, 0) is 6.54 Å². The molecule has 2 aromatic rings. The molecule has 3 amide bonds. The fourth-order valence-corrected chi connectivity index (χ4v) is 3.49. The SMILES string of the molecule is CNC(=O)NCCn1c(C)nc2cc(C(=O)N3CCCCCC3)ccc21. The van der Waals surface area contributed by atoms with Gasteiger partial charge in [0.1, 0.15) is 5.82 Å². The summed E-state index contributed by atoms with van der Waals surface area (Å²) in [6.45, 7) is 4.77. The third-order valence-corrected chi connectivity index (χ3v) is 4.93. The van der Waals surface area contributed by atoms with Crippen LogP contribution < -0.4 is 10.6 Å². The first kappa shape index (κ1) is 18.2. The molecule has 1 aliphatic heterocycles. The molecule has 140 valence electrons. The number of aryl methyl sites for hydroxylation is 1. The Hall–Kier alpha value is -2.57. The van der Waals surface area contributed by atoms with E-state index in [1.165, 1.54) is 12.8 Å². The summed E-state index contributed by atoms with van der Waals surface area (Å²) in [5.74, 6) is 0.973. The average Bonchev–Trinajstić information content (AvgIpc) is 2.82. The number of urea groups is 1. The third kappa shape index (κ3) is 3.98. The van der Waals surface area contributed by atoms with Crippen molar-refractivity contribution in [2.45, 2.75) is 39.2 Å². The molecule has 0 bridgehead atoms. The van der Waals surface area contributed by atoms with E-state index >= 15 is 0 Å². The summed E-state index contributed by atoms with van der Waals surface area (Å²) in [6, 6.07) is 5.54. The topological polar surface area (TPSA) is 79.3 Å². The number of likely N-dealkylation sites (tertiary alicyclic amines) is 1. The largest absolute Gasteiger partial charge is 0.341 e. The molecule has 1 fully saturated rings. The highest BCUT2D eigenvalue weighted by atomic mass is 16.2. The minimum absolute atomic E-state index is 0.0993. The molecule has 7 nitrogen and oxygen atoms in total. The van der Waals surface area contributed by atoms with E-state index in [0.717, 1.165) is 42.8 Å². The Morgan fingerprint density at radius 3 is 2.58 bits per heavy atom. The number of hydrogen-bond donors (Lipinski definition) is 2. The Balaban J connectivity index is 1.76. The summed E-state index contributed by atoms with van der Waals surface area (Å²) >= 11 is 0. The lowest BCUT2D eigenvalue weighted by Gasteiger charge is -2.20. The Morgan fingerprint density at radius 1 is 1.15 bits per heavy atom. The van der Waals surface area contributed by atoms with Crippen LogP contribution in [0.2, 0.25) is 0 Å². The molecule has 3 rings (SSSR count). The third-order valence-electron chi connectivity index (χ3n) is 4.93. The molecule has 1 saturated heterocycles. The Bertz CT molecular complexity index is 791. The molecule has 0 spiro atoms. The summed E-state index contributed by atoms with van der Waals surface area (Å²) < 4.78 is 2.06. The van der Waals surface area contributed by atoms with Crippen molar-refractivity contribution in [2.24, 2.45) is 0 Å². The van der Waals surface area contributed by atoms with E-state index < -0.39 is 0 Å². The van der Waals surface area contributed by atoms with Gasteiger partial charge in [0.05, 0.1) is 11.0 Å². The zero-order chi connectivity index (χ0) is 18.5. The number of nitrogens with one attached hydrogen (secondary N) is 2. The van der Waals surface area contributed by atoms with Crippen molar-refractivity contribution in [1.29, 1.82) is 0 Å². The molecule has 0 aliphatic carbocycles. The van der Waals surface area contributed by atoms with Crippen molar-refractivity contribution in [3.05, 3.63) is 29.6 Å². The zero-order valence-electron chi connectivity index (χ0n) is 15.5. The van der Waals surface area contributed by atoms with Crippen LogP contribution in [0.15, 0.2) is 18.2 Å². The summed E-state index contributed by atoms with van der Waals surface area (Å²) in [7, 11) is 1.59. The smallest absolute Gasteiger partial charge is 0.314 e. The van der Waals surface area contributed by atoms with Crippen molar-refractivity contribution in [1.82, 2.24) is 25.1 Å². The van der Waals surface area contributed by atoms with E-state index in [9.17, 15) is 9.59 Å². The van der Waals surface area contributed by atoms with Crippen LogP contribution in [0.25, 0.3) is 11.0 Å². The van der Waals surface area contributed by atoms with Crippen molar-refractivity contribution >= 4 is 23.0 Å². The molecule has 0 unspecified atom stereocenters. The predicted molar refractivity (Wildman–Crippen MR) is 101 cm³/mol. The van der Waals surface area contributed by atoms with Gasteiger partial charge in [-0.25, -0.2) is 9.78 Å². The first-order chi connectivity index (χ1) is 12.6. The van der Waals surface area contributed by atoms with Crippen LogP contribution in [0.3, 0.4) is 0 Å². The van der Waals surface area contributed by atoms with Crippen molar-refractivity contribution in [3.8, 4) is 0 Å². The number of benzene rings is 1. The lowest BCUT2D eigenvalue weighted by atomic mass is 10.1. The zero-order valence-corrected chi connectivity index (χ0v) is 15.5. The normalized spacial score (nSPS) is 14.9. The van der Waals surface area contributed by atoms with Crippen molar-refractivity contribution in [3.63, 3.8) is 0 Å². The minimum Gasteiger partial charge on any atom is -0.341 e. The van der Waals surface area contributed by atoms with Crippen molar-refractivity contribution < 1.29 is 9.59 Å². The summed E-state index contributed by atoms with van der Waals surface area (Å²) in [4.78, 5) is 30.7. The molecule has 2 N–H and O–H groups in total. The first-order valence-electron chi connectivity index (χ1n) is 9.32. The Labute approximate surface area is 153 Å². The highest BCUT2D eigenvalue weighted by Gasteiger charge is 2.18. The summed E-state index contributed by atoms with van der Waals surface area (Å²) in [5.41, 5.74) is 2.50. The van der Waals surface area contributed by atoms with Gasteiger partial charge in [0.2, 0.25) is 0 Å². The highest BCUT2D eigenvalue weighted by molar-refractivity contribution is 5.97. The van der Waals surface area contributed by atoms with Gasteiger partial charge in [0, 0.05) is 38.8 Å². The van der Waals surface area contributed by atoms with Crippen LogP contribution in [-0.4, -0.2) is 53.1 Å². The quantitative estimate of drug-likeness (QED) is 0.881. The number of hydrogen-bond acceptors (Lipinski definition) is 3. The van der Waals surface area contributed by atoms with Gasteiger partial charge in [-0.2, -0.15) is 0 Å². The summed E-state index contributed by atoms with van der Waals surface area (Å²) in [5, 5.41) is 5.32. The second-order valence-electron chi connectivity index (χ2n) is 6.73. The first-order valence-corrected chi connectivity index (χ1v) is 9.32. The number of imidazole rings is 1. The number of carbonyl (C=O) groups is 2. The number of carbonyl (C=O) groups excluding carboxylic acids is 2. The fraction of sp³-hybridized carbons (Fsp3) is 0.526. The monoisotopic (exact) mass is 357 g/mol. The lowest BCUT2D eigenvalue weighted by molar-refractivity contribution is 0.0762. The number of fused-ring (bicyclic) bond motifs is 1. The Kier molecular flexibility index (Phi) is 5.75. The van der Waals surface area contributed by atoms with Gasteiger partial charge in [0.15, 0.2) is 0 Å². The molecule has 1 aromatic carbocycles. The molecule has 1 aliphatic rings. The molecule has 2 heterocycles. The van der Waals surface area contributed by atoms with Gasteiger partial charge >= 0.3 is 6.03 Å². The van der Waals surface area contributed by atoms with Gasteiger partial charge < -0.3 is 20.1 Å². The molecule has 0 radical (unpaired) electrons. The number of nitrogens with zero attached hydrogens (tertiary/aromatic N) is 3. The number of rotatable bonds is 4. The fourth-order valence-electron chi connectivity index (χ4n) is 3.49. The number of aromatic nitrogens is 2. The summed E-state index contributed by atoms with van der Waals surface area (Å²) in [6.07, 6.45) is 4.58. The van der Waals surface area contributed by atoms with Crippen LogP contribution >= 0.6 is 0 Å². The van der Waals surface area contributed by atoms with E-state index in [2.05, 4.69) is 20.2 Å². The van der Waals surface area contributed by atoms with Crippen LogP contribution in [0.4, 0.5) is 4.79 Å². The van der Waals surface area contributed by atoms with Gasteiger partial charge in [0.25, 0.3) is 5.91 Å². The standard InChI is InChI=1S/C19H27N5O2/c1-14-22-16-13-15(18(25)23-10-5-3-4-6-11-23)7-8-17(16)24(14)12-9-21-19(26)20-2/h7-8,13H,3-6,9-12H2,1-2H3,(H2,20,21,26). The van der Waals surface area contributed by atoms with E-state index in [1.807, 2.05) is 30.0 Å². The van der Waals surface area contributed by atoms with Crippen LogP contribution in [0.1, 0.15) is 41.9 Å². The maximum absolute atomic E-state index is 12.8. The van der Waals surface area contributed by atoms with Crippen LogP contribution in [0.5, 0.6) is 0 Å². The van der Waals surface area contributed by atoms with Crippen LogP contribution in [0, 0.1) is 6.92 Å². The molecular weight excluding hydrogens is 330 g/mol. The highest BCUT2D eigenvalue weighted by Crippen LogP contribution is 2.20. The molecule has 26 heavy (non-hydrogen) atoms. The predicted octanol–water partition coefficient (Wildman–Crippen LogP) is 2.29. The number of amides is 3. The second kappa shape index (κ2) is 8.21. The molecule has 0 atom stereocenters. The van der Waals surface area contributed by atoms with Gasteiger partial charge in [-0.1, -0.05) is 12.8 Å². The van der Waals surface area contributed by atoms with Gasteiger partial charge in [-0.3, -0.25) is 4.79 Å². The molecule has 1 aromatic heterocycles. The van der Waals surface area contributed by atoms with E-state index in [-0.39, 0.29) is 11.9 Å².